The number of nitrogens with zero attached hydrogens (tertiary/aromatic N) is 3. The highest BCUT2D eigenvalue weighted by molar-refractivity contribution is 5.89. The molecule has 0 bridgehead atoms. The average Bonchev–Trinajstić information content (AvgIpc) is 3.24. The number of likely N-dealkylation sites (tertiary alicyclic amines) is 1. The topological polar surface area (TPSA) is 71.3 Å². The van der Waals surface area contributed by atoms with Crippen LogP contribution < -0.4 is 5.32 Å². The molecule has 2 amide bonds. The lowest BCUT2D eigenvalue weighted by Crippen LogP contribution is -2.40. The van der Waals surface area contributed by atoms with Crippen LogP contribution in [0.3, 0.4) is 0 Å². The number of amides is 2. The van der Waals surface area contributed by atoms with Crippen LogP contribution in [0.5, 0.6) is 0 Å². The van der Waals surface area contributed by atoms with Gasteiger partial charge in [0.25, 0.3) is 0 Å². The van der Waals surface area contributed by atoms with E-state index in [1.165, 1.54) is 12.1 Å². The lowest BCUT2D eigenvalue weighted by atomic mass is 9.97. The SMILES string of the molecule is O=C(Nc1cccc(C(F)(F)F)c1)N1CCC(c2nc(-c3ccccc3)no2)CC1. The number of urea groups is 1. The number of aromatic nitrogens is 2. The fraction of sp³-hybridized carbons (Fsp3) is 0.286. The number of halogens is 3. The summed E-state index contributed by atoms with van der Waals surface area (Å²) in [6.07, 6.45) is -3.19. The Kier molecular flexibility index (Phi) is 5.43. The van der Waals surface area contributed by atoms with Gasteiger partial charge in [-0.3, -0.25) is 0 Å². The van der Waals surface area contributed by atoms with Gasteiger partial charge < -0.3 is 14.7 Å². The monoisotopic (exact) mass is 416 g/mol. The van der Waals surface area contributed by atoms with E-state index < -0.39 is 17.8 Å². The van der Waals surface area contributed by atoms with E-state index in [1.807, 2.05) is 30.3 Å². The summed E-state index contributed by atoms with van der Waals surface area (Å²) < 4.78 is 43.9. The number of rotatable bonds is 3. The van der Waals surface area contributed by atoms with E-state index in [1.54, 1.807) is 4.90 Å². The molecular weight excluding hydrogens is 397 g/mol. The summed E-state index contributed by atoms with van der Waals surface area (Å²) in [5.74, 6) is 1.09. The van der Waals surface area contributed by atoms with E-state index in [0.717, 1.165) is 17.7 Å². The number of anilines is 1. The van der Waals surface area contributed by atoms with Crippen LogP contribution in [-0.2, 0) is 6.18 Å². The highest BCUT2D eigenvalue weighted by Crippen LogP contribution is 2.31. The molecule has 1 N–H and O–H groups in total. The predicted octanol–water partition coefficient (Wildman–Crippen LogP) is 5.17. The largest absolute Gasteiger partial charge is 0.416 e. The summed E-state index contributed by atoms with van der Waals surface area (Å²) in [7, 11) is 0. The van der Waals surface area contributed by atoms with Crippen molar-refractivity contribution in [1.29, 1.82) is 0 Å². The zero-order valence-electron chi connectivity index (χ0n) is 15.9. The Balaban J connectivity index is 1.35. The van der Waals surface area contributed by atoms with Crippen molar-refractivity contribution in [3.05, 3.63) is 66.1 Å². The van der Waals surface area contributed by atoms with Gasteiger partial charge >= 0.3 is 12.2 Å². The molecule has 0 radical (unpaired) electrons. The first kappa shape index (κ1) is 19.9. The summed E-state index contributed by atoms with van der Waals surface area (Å²) >= 11 is 0. The third-order valence-corrected chi connectivity index (χ3v) is 5.05. The van der Waals surface area contributed by atoms with E-state index >= 15 is 0 Å². The minimum atomic E-state index is -4.46. The summed E-state index contributed by atoms with van der Waals surface area (Å²) in [5, 5.41) is 6.57. The molecule has 1 saturated heterocycles. The number of hydrogen-bond donors (Lipinski definition) is 1. The number of nitrogens with one attached hydrogen (secondary N) is 1. The Hall–Kier alpha value is -3.36. The molecule has 0 unspecified atom stereocenters. The second kappa shape index (κ2) is 8.17. The van der Waals surface area contributed by atoms with Crippen LogP contribution in [0.25, 0.3) is 11.4 Å². The van der Waals surface area contributed by atoms with Crippen LogP contribution in [-0.4, -0.2) is 34.2 Å². The summed E-state index contributed by atoms with van der Waals surface area (Å²) in [4.78, 5) is 18.5. The fourth-order valence-electron chi connectivity index (χ4n) is 3.41. The minimum absolute atomic E-state index is 0.0348. The van der Waals surface area contributed by atoms with Crippen LogP contribution in [0.2, 0.25) is 0 Å². The molecule has 1 aliphatic rings. The van der Waals surface area contributed by atoms with Crippen LogP contribution in [0, 0.1) is 0 Å². The fourth-order valence-corrected chi connectivity index (χ4v) is 3.41. The molecule has 0 atom stereocenters. The number of hydrogen-bond acceptors (Lipinski definition) is 4. The van der Waals surface area contributed by atoms with Crippen molar-refractivity contribution in [1.82, 2.24) is 15.0 Å². The maximum Gasteiger partial charge on any atom is 0.416 e. The average molecular weight is 416 g/mol. The van der Waals surface area contributed by atoms with Crippen molar-refractivity contribution in [3.63, 3.8) is 0 Å². The molecule has 1 aliphatic heterocycles. The molecule has 0 saturated carbocycles. The third-order valence-electron chi connectivity index (χ3n) is 5.05. The first-order valence-corrected chi connectivity index (χ1v) is 9.52. The van der Waals surface area contributed by atoms with Crippen molar-refractivity contribution in [2.45, 2.75) is 24.9 Å². The predicted molar refractivity (Wildman–Crippen MR) is 104 cm³/mol. The first-order chi connectivity index (χ1) is 14.4. The Labute approximate surface area is 170 Å². The van der Waals surface area contributed by atoms with Crippen molar-refractivity contribution in [2.75, 3.05) is 18.4 Å². The van der Waals surface area contributed by atoms with Crippen molar-refractivity contribution in [3.8, 4) is 11.4 Å². The summed E-state index contributed by atoms with van der Waals surface area (Å²) in [6.45, 7) is 0.886. The van der Waals surface area contributed by atoms with E-state index in [2.05, 4.69) is 15.5 Å². The number of carbonyl (C=O) groups excluding carboxylic acids is 1. The second-order valence-corrected chi connectivity index (χ2v) is 7.09. The van der Waals surface area contributed by atoms with Crippen molar-refractivity contribution < 1.29 is 22.5 Å². The van der Waals surface area contributed by atoms with Gasteiger partial charge in [-0.25, -0.2) is 4.79 Å². The lowest BCUT2D eigenvalue weighted by molar-refractivity contribution is -0.137. The van der Waals surface area contributed by atoms with Gasteiger partial charge in [-0.05, 0) is 31.0 Å². The van der Waals surface area contributed by atoms with Gasteiger partial charge in [0.2, 0.25) is 11.7 Å². The maximum atomic E-state index is 12.8. The Bertz CT molecular complexity index is 1010. The smallest absolute Gasteiger partial charge is 0.339 e. The molecular formula is C21H19F3N4O2. The normalized spacial score (nSPS) is 15.2. The highest BCUT2D eigenvalue weighted by atomic mass is 19.4. The summed E-state index contributed by atoms with van der Waals surface area (Å²) in [5.41, 5.74) is 0.177. The van der Waals surface area contributed by atoms with Gasteiger partial charge in [0.1, 0.15) is 0 Å². The quantitative estimate of drug-likeness (QED) is 0.640. The Morgan fingerprint density at radius 3 is 2.50 bits per heavy atom. The second-order valence-electron chi connectivity index (χ2n) is 7.09. The van der Waals surface area contributed by atoms with Crippen molar-refractivity contribution in [2.24, 2.45) is 0 Å². The molecule has 0 aliphatic carbocycles. The molecule has 9 heteroatoms. The molecule has 6 nitrogen and oxygen atoms in total. The Morgan fingerprint density at radius 1 is 1.07 bits per heavy atom. The molecule has 0 spiro atoms. The molecule has 2 aromatic carbocycles. The van der Waals surface area contributed by atoms with E-state index in [0.29, 0.717) is 37.6 Å². The van der Waals surface area contributed by atoms with E-state index in [9.17, 15) is 18.0 Å². The zero-order chi connectivity index (χ0) is 21.1. The molecule has 2 heterocycles. The standard InChI is InChI=1S/C21H19F3N4O2/c22-21(23,24)16-7-4-8-17(13-16)25-20(29)28-11-9-15(10-12-28)19-26-18(27-30-19)14-5-2-1-3-6-14/h1-8,13,15H,9-12H2,(H,25,29). The van der Waals surface area contributed by atoms with Gasteiger partial charge in [-0.2, -0.15) is 18.2 Å². The molecule has 156 valence electrons. The molecule has 1 aromatic heterocycles. The molecule has 3 aromatic rings. The van der Waals surface area contributed by atoms with Crippen LogP contribution in [0.15, 0.2) is 59.1 Å². The first-order valence-electron chi connectivity index (χ1n) is 9.52. The van der Waals surface area contributed by atoms with Crippen LogP contribution >= 0.6 is 0 Å². The zero-order valence-corrected chi connectivity index (χ0v) is 15.9. The van der Waals surface area contributed by atoms with E-state index in [-0.39, 0.29) is 11.6 Å². The molecule has 30 heavy (non-hydrogen) atoms. The highest BCUT2D eigenvalue weighted by Gasteiger charge is 2.31. The maximum absolute atomic E-state index is 12.8. The molecule has 1 fully saturated rings. The number of benzene rings is 2. The Morgan fingerprint density at radius 2 is 1.80 bits per heavy atom. The molecule has 4 rings (SSSR count). The number of piperidine rings is 1. The van der Waals surface area contributed by atoms with E-state index in [4.69, 9.17) is 4.52 Å². The van der Waals surface area contributed by atoms with Crippen molar-refractivity contribution >= 4 is 11.7 Å². The summed E-state index contributed by atoms with van der Waals surface area (Å²) in [6, 6.07) is 13.7. The number of carbonyl (C=O) groups is 1. The van der Waals surface area contributed by atoms with Gasteiger partial charge in [-0.15, -0.1) is 0 Å². The lowest BCUT2D eigenvalue weighted by Gasteiger charge is -2.30. The van der Waals surface area contributed by atoms with Gasteiger partial charge in [-0.1, -0.05) is 41.6 Å². The third kappa shape index (κ3) is 4.45. The minimum Gasteiger partial charge on any atom is -0.339 e. The van der Waals surface area contributed by atoms with Gasteiger partial charge in [0, 0.05) is 30.3 Å². The van der Waals surface area contributed by atoms with Crippen LogP contribution in [0.4, 0.5) is 23.7 Å². The number of alkyl halides is 3. The van der Waals surface area contributed by atoms with Crippen LogP contribution in [0.1, 0.15) is 30.2 Å². The van der Waals surface area contributed by atoms with Gasteiger partial charge in [0.15, 0.2) is 0 Å². The van der Waals surface area contributed by atoms with Gasteiger partial charge in [0.05, 0.1) is 5.56 Å².